The predicted molar refractivity (Wildman–Crippen MR) is 85.4 cm³/mol. The maximum atomic E-state index is 9.35. The van der Waals surface area contributed by atoms with Crippen LogP contribution in [0.5, 0.6) is 5.75 Å². The summed E-state index contributed by atoms with van der Waals surface area (Å²) >= 11 is 0. The van der Waals surface area contributed by atoms with Crippen molar-refractivity contribution in [1.29, 1.82) is 10.5 Å². The second kappa shape index (κ2) is 7.71. The molecule has 0 spiro atoms. The van der Waals surface area contributed by atoms with Gasteiger partial charge in [-0.3, -0.25) is 0 Å². The summed E-state index contributed by atoms with van der Waals surface area (Å²) in [4.78, 5) is 0. The van der Waals surface area contributed by atoms with Crippen LogP contribution in [0.4, 0.5) is 5.69 Å². The van der Waals surface area contributed by atoms with Gasteiger partial charge >= 0.3 is 0 Å². The molecular weight excluding hydrogens is 274 g/mol. The first-order chi connectivity index (χ1) is 10.8. The number of hydrogen-bond acceptors (Lipinski definition) is 4. The zero-order valence-corrected chi connectivity index (χ0v) is 12.4. The first-order valence-corrected chi connectivity index (χ1v) is 7.01. The Morgan fingerprint density at radius 1 is 1.00 bits per heavy atom. The molecule has 110 valence electrons. The van der Waals surface area contributed by atoms with Gasteiger partial charge in [-0.05, 0) is 29.8 Å². The molecule has 4 heteroatoms. The molecule has 2 unspecified atom stereocenters. The first-order valence-electron chi connectivity index (χ1n) is 7.01. The van der Waals surface area contributed by atoms with Crippen molar-refractivity contribution in [3.05, 3.63) is 60.2 Å². The normalized spacial score (nSPS) is 12.5. The van der Waals surface area contributed by atoms with Crippen molar-refractivity contribution in [3.63, 3.8) is 0 Å². The number of benzene rings is 2. The molecule has 2 aromatic carbocycles. The SMILES string of the molecule is COc1ccc(NC(C#N)CC(C#N)c2ccccc2)cc1. The fourth-order valence-electron chi connectivity index (χ4n) is 2.22. The third kappa shape index (κ3) is 4.01. The average molecular weight is 291 g/mol. The van der Waals surface area contributed by atoms with Gasteiger partial charge in [0.15, 0.2) is 0 Å². The molecule has 0 saturated heterocycles. The van der Waals surface area contributed by atoms with E-state index >= 15 is 0 Å². The van der Waals surface area contributed by atoms with Gasteiger partial charge in [-0.15, -0.1) is 0 Å². The largest absolute Gasteiger partial charge is 0.497 e. The van der Waals surface area contributed by atoms with Gasteiger partial charge in [0.25, 0.3) is 0 Å². The van der Waals surface area contributed by atoms with Crippen LogP contribution in [0.2, 0.25) is 0 Å². The van der Waals surface area contributed by atoms with Gasteiger partial charge in [0, 0.05) is 12.1 Å². The van der Waals surface area contributed by atoms with Crippen LogP contribution in [0, 0.1) is 22.7 Å². The molecule has 0 radical (unpaired) electrons. The van der Waals surface area contributed by atoms with E-state index in [0.717, 1.165) is 17.0 Å². The zero-order valence-electron chi connectivity index (χ0n) is 12.4. The van der Waals surface area contributed by atoms with E-state index in [1.54, 1.807) is 7.11 Å². The molecule has 0 aromatic heterocycles. The minimum absolute atomic E-state index is 0.309. The molecule has 0 aliphatic rings. The highest BCUT2D eigenvalue weighted by atomic mass is 16.5. The van der Waals surface area contributed by atoms with Gasteiger partial charge in [-0.1, -0.05) is 30.3 Å². The van der Waals surface area contributed by atoms with Crippen molar-refractivity contribution in [3.8, 4) is 17.9 Å². The van der Waals surface area contributed by atoms with Crippen LogP contribution in [0.15, 0.2) is 54.6 Å². The molecule has 1 N–H and O–H groups in total. The lowest BCUT2D eigenvalue weighted by Gasteiger charge is -2.16. The van der Waals surface area contributed by atoms with Gasteiger partial charge in [0.05, 0.1) is 25.2 Å². The quantitative estimate of drug-likeness (QED) is 0.881. The number of anilines is 1. The van der Waals surface area contributed by atoms with Crippen molar-refractivity contribution in [1.82, 2.24) is 0 Å². The summed E-state index contributed by atoms with van der Waals surface area (Å²) in [7, 11) is 1.61. The lowest BCUT2D eigenvalue weighted by molar-refractivity contribution is 0.415. The molecule has 0 bridgehead atoms. The number of methoxy groups -OCH3 is 1. The van der Waals surface area contributed by atoms with Crippen LogP contribution in [0.3, 0.4) is 0 Å². The van der Waals surface area contributed by atoms with Crippen LogP contribution in [0.25, 0.3) is 0 Å². The average Bonchev–Trinajstić information content (AvgIpc) is 2.60. The Morgan fingerprint density at radius 2 is 1.68 bits per heavy atom. The van der Waals surface area contributed by atoms with E-state index in [1.807, 2.05) is 54.6 Å². The molecule has 0 saturated carbocycles. The minimum atomic E-state index is -0.432. The van der Waals surface area contributed by atoms with E-state index in [1.165, 1.54) is 0 Å². The molecular formula is C18H17N3O. The molecule has 0 fully saturated rings. The van der Waals surface area contributed by atoms with Crippen molar-refractivity contribution >= 4 is 5.69 Å². The van der Waals surface area contributed by atoms with Crippen molar-refractivity contribution < 1.29 is 4.74 Å². The highest BCUT2D eigenvalue weighted by Gasteiger charge is 2.17. The lowest BCUT2D eigenvalue weighted by Crippen LogP contribution is -2.20. The van der Waals surface area contributed by atoms with Crippen LogP contribution >= 0.6 is 0 Å². The lowest BCUT2D eigenvalue weighted by atomic mass is 9.94. The van der Waals surface area contributed by atoms with Crippen LogP contribution in [0.1, 0.15) is 17.9 Å². The molecule has 2 aromatic rings. The Kier molecular flexibility index (Phi) is 5.40. The summed E-state index contributed by atoms with van der Waals surface area (Å²) in [5.41, 5.74) is 1.76. The summed E-state index contributed by atoms with van der Waals surface area (Å²) in [6.07, 6.45) is 0.434. The van der Waals surface area contributed by atoms with E-state index in [9.17, 15) is 10.5 Å². The summed E-state index contributed by atoms with van der Waals surface area (Å²) in [5, 5.41) is 21.8. The highest BCUT2D eigenvalue weighted by molar-refractivity contribution is 5.48. The van der Waals surface area contributed by atoms with Crippen molar-refractivity contribution in [2.24, 2.45) is 0 Å². The molecule has 0 amide bonds. The Balaban J connectivity index is 2.05. The smallest absolute Gasteiger partial charge is 0.119 e. The summed E-state index contributed by atoms with van der Waals surface area (Å²) in [6, 6.07) is 21.0. The monoisotopic (exact) mass is 291 g/mol. The van der Waals surface area contributed by atoms with Crippen LogP contribution in [-0.2, 0) is 0 Å². The maximum Gasteiger partial charge on any atom is 0.119 e. The second-order valence-corrected chi connectivity index (χ2v) is 4.88. The number of ether oxygens (including phenoxy) is 1. The van der Waals surface area contributed by atoms with Gasteiger partial charge < -0.3 is 10.1 Å². The van der Waals surface area contributed by atoms with Crippen LogP contribution in [-0.4, -0.2) is 13.2 Å². The summed E-state index contributed by atoms with van der Waals surface area (Å²) in [5.74, 6) is 0.454. The van der Waals surface area contributed by atoms with Gasteiger partial charge in [-0.25, -0.2) is 0 Å². The highest BCUT2D eigenvalue weighted by Crippen LogP contribution is 2.23. The number of nitriles is 2. The Bertz CT molecular complexity index is 668. The van der Waals surface area contributed by atoms with E-state index < -0.39 is 6.04 Å². The third-order valence-electron chi connectivity index (χ3n) is 3.42. The Morgan fingerprint density at radius 3 is 2.23 bits per heavy atom. The molecule has 0 aliphatic carbocycles. The third-order valence-corrected chi connectivity index (χ3v) is 3.42. The van der Waals surface area contributed by atoms with Crippen molar-refractivity contribution in [2.75, 3.05) is 12.4 Å². The fraction of sp³-hybridized carbons (Fsp3) is 0.222. The molecule has 4 nitrogen and oxygen atoms in total. The molecule has 2 rings (SSSR count). The number of nitrogens with zero attached hydrogens (tertiary/aromatic N) is 2. The van der Waals surface area contributed by atoms with Gasteiger partial charge in [-0.2, -0.15) is 10.5 Å². The Labute approximate surface area is 130 Å². The zero-order chi connectivity index (χ0) is 15.8. The number of rotatable bonds is 6. The fourth-order valence-corrected chi connectivity index (χ4v) is 2.22. The topological polar surface area (TPSA) is 68.8 Å². The minimum Gasteiger partial charge on any atom is -0.497 e. The van der Waals surface area contributed by atoms with E-state index in [2.05, 4.69) is 17.5 Å². The van der Waals surface area contributed by atoms with Crippen molar-refractivity contribution in [2.45, 2.75) is 18.4 Å². The summed E-state index contributed by atoms with van der Waals surface area (Å²) in [6.45, 7) is 0. The van der Waals surface area contributed by atoms with Gasteiger partial charge in [0.1, 0.15) is 11.8 Å². The first kappa shape index (κ1) is 15.4. The van der Waals surface area contributed by atoms with E-state index in [4.69, 9.17) is 4.74 Å². The number of hydrogen-bond donors (Lipinski definition) is 1. The van der Waals surface area contributed by atoms with Crippen LogP contribution < -0.4 is 10.1 Å². The molecule has 2 atom stereocenters. The molecule has 22 heavy (non-hydrogen) atoms. The van der Waals surface area contributed by atoms with E-state index in [0.29, 0.717) is 6.42 Å². The standard InChI is InChI=1S/C18H17N3O/c1-22-18-9-7-16(8-10-18)21-17(13-20)11-15(12-19)14-5-3-2-4-6-14/h2-10,15,17,21H,11H2,1H3. The second-order valence-electron chi connectivity index (χ2n) is 4.88. The number of nitrogens with one attached hydrogen (secondary N) is 1. The maximum absolute atomic E-state index is 9.35. The predicted octanol–water partition coefficient (Wildman–Crippen LogP) is 3.70. The molecule has 0 heterocycles. The Hall–Kier alpha value is -2.98. The van der Waals surface area contributed by atoms with Gasteiger partial charge in [0.2, 0.25) is 0 Å². The van der Waals surface area contributed by atoms with E-state index in [-0.39, 0.29) is 5.92 Å². The molecule has 0 aliphatic heterocycles. The summed E-state index contributed by atoms with van der Waals surface area (Å²) < 4.78 is 5.10.